The zero-order valence-corrected chi connectivity index (χ0v) is 20.9. The summed E-state index contributed by atoms with van der Waals surface area (Å²) in [6, 6.07) is 12.6. The zero-order chi connectivity index (χ0) is 26.4. The molecule has 1 heterocycles. The fourth-order valence-corrected chi connectivity index (χ4v) is 4.73. The Kier molecular flexibility index (Phi) is 8.53. The molecule has 1 aliphatic heterocycles. The van der Waals surface area contributed by atoms with Gasteiger partial charge in [0.05, 0.1) is 18.7 Å². The molecular formula is C28H32F3N3O3. The monoisotopic (exact) mass is 515 g/mol. The molecule has 0 saturated carbocycles. The Balaban J connectivity index is 1.38. The highest BCUT2D eigenvalue weighted by atomic mass is 19.4. The van der Waals surface area contributed by atoms with Crippen molar-refractivity contribution in [1.29, 1.82) is 0 Å². The minimum absolute atomic E-state index is 0.203. The average molecular weight is 516 g/mol. The molecule has 0 radical (unpaired) electrons. The van der Waals surface area contributed by atoms with Gasteiger partial charge in [0.1, 0.15) is 0 Å². The van der Waals surface area contributed by atoms with Crippen LogP contribution in [0.3, 0.4) is 0 Å². The SMILES string of the molecule is CCCC(=O)ON1CCN(c2ccc(NC(=O)C3=C(c4ccc(C(F)(F)F)cc4)CCCC3)cc2)CC1. The fraction of sp³-hybridized carbons (Fsp3) is 0.429. The van der Waals surface area contributed by atoms with E-state index in [0.717, 1.165) is 42.7 Å². The molecule has 1 aliphatic carbocycles. The number of carbonyl (C=O) groups excluding carboxylic acids is 2. The normalized spacial score (nSPS) is 17.0. The molecule has 9 heteroatoms. The van der Waals surface area contributed by atoms with Crippen LogP contribution < -0.4 is 10.2 Å². The average Bonchev–Trinajstić information content (AvgIpc) is 2.89. The first kappa shape index (κ1) is 26.7. The second kappa shape index (κ2) is 11.8. The minimum Gasteiger partial charge on any atom is -0.369 e. The Morgan fingerprint density at radius 2 is 1.57 bits per heavy atom. The Morgan fingerprint density at radius 1 is 0.919 bits per heavy atom. The summed E-state index contributed by atoms with van der Waals surface area (Å²) in [6.45, 7) is 4.61. The number of amides is 1. The topological polar surface area (TPSA) is 61.9 Å². The van der Waals surface area contributed by atoms with Gasteiger partial charge in [-0.2, -0.15) is 13.2 Å². The van der Waals surface area contributed by atoms with Gasteiger partial charge in [-0.1, -0.05) is 19.1 Å². The highest BCUT2D eigenvalue weighted by Crippen LogP contribution is 2.35. The molecule has 4 rings (SSSR count). The number of hydroxylamine groups is 2. The van der Waals surface area contributed by atoms with E-state index in [1.54, 1.807) is 5.06 Å². The number of alkyl halides is 3. The van der Waals surface area contributed by atoms with Crippen LogP contribution in [0.2, 0.25) is 0 Å². The Bertz CT molecular complexity index is 1120. The van der Waals surface area contributed by atoms with Crippen LogP contribution in [-0.2, 0) is 20.6 Å². The number of allylic oxidation sites excluding steroid dienone is 1. The van der Waals surface area contributed by atoms with Crippen LogP contribution in [0.1, 0.15) is 56.6 Å². The molecule has 2 aromatic rings. The molecule has 0 unspecified atom stereocenters. The summed E-state index contributed by atoms with van der Waals surface area (Å²) in [7, 11) is 0. The van der Waals surface area contributed by atoms with Crippen molar-refractivity contribution >= 4 is 28.8 Å². The third-order valence-corrected chi connectivity index (χ3v) is 6.72. The number of piperazine rings is 1. The van der Waals surface area contributed by atoms with Gasteiger partial charge in [0, 0.05) is 36.5 Å². The summed E-state index contributed by atoms with van der Waals surface area (Å²) in [6.07, 6.45) is -0.203. The first-order chi connectivity index (χ1) is 17.7. The van der Waals surface area contributed by atoms with E-state index in [-0.39, 0.29) is 11.9 Å². The molecule has 0 aromatic heterocycles. The summed E-state index contributed by atoms with van der Waals surface area (Å²) < 4.78 is 38.8. The van der Waals surface area contributed by atoms with Gasteiger partial charge in [-0.15, -0.1) is 5.06 Å². The second-order valence-corrected chi connectivity index (χ2v) is 9.37. The molecule has 198 valence electrons. The number of halogens is 3. The summed E-state index contributed by atoms with van der Waals surface area (Å²) in [5.74, 6) is -0.421. The molecule has 0 bridgehead atoms. The highest BCUT2D eigenvalue weighted by Gasteiger charge is 2.30. The van der Waals surface area contributed by atoms with E-state index in [1.165, 1.54) is 12.1 Å². The third kappa shape index (κ3) is 6.91. The highest BCUT2D eigenvalue weighted by molar-refractivity contribution is 6.09. The predicted molar refractivity (Wildman–Crippen MR) is 137 cm³/mol. The number of rotatable bonds is 7. The number of nitrogens with one attached hydrogen (secondary N) is 1. The smallest absolute Gasteiger partial charge is 0.369 e. The van der Waals surface area contributed by atoms with Gasteiger partial charge in [-0.25, -0.2) is 0 Å². The number of anilines is 2. The third-order valence-electron chi connectivity index (χ3n) is 6.72. The van der Waals surface area contributed by atoms with Gasteiger partial charge in [-0.05, 0) is 79.6 Å². The number of nitrogens with zero attached hydrogens (tertiary/aromatic N) is 2. The van der Waals surface area contributed by atoms with Crippen molar-refractivity contribution < 1.29 is 27.6 Å². The molecule has 1 saturated heterocycles. The van der Waals surface area contributed by atoms with Crippen LogP contribution in [-0.4, -0.2) is 43.1 Å². The van der Waals surface area contributed by atoms with Gasteiger partial charge in [0.2, 0.25) is 0 Å². The van der Waals surface area contributed by atoms with Gasteiger partial charge in [0.25, 0.3) is 5.91 Å². The molecule has 0 spiro atoms. The lowest BCUT2D eigenvalue weighted by molar-refractivity contribution is -0.191. The lowest BCUT2D eigenvalue weighted by atomic mass is 9.86. The standard InChI is InChI=1S/C28H32F3N3O3/c1-2-5-26(35)37-34-18-16-33(17-19-34)23-14-12-22(13-15-23)32-27(36)25-7-4-3-6-24(25)20-8-10-21(11-9-20)28(29,30)31/h8-15H,2-7,16-19H2,1H3,(H,32,36). The summed E-state index contributed by atoms with van der Waals surface area (Å²) >= 11 is 0. The van der Waals surface area contributed by atoms with E-state index < -0.39 is 11.7 Å². The first-order valence-electron chi connectivity index (χ1n) is 12.8. The molecule has 37 heavy (non-hydrogen) atoms. The lowest BCUT2D eigenvalue weighted by Crippen LogP contribution is -2.47. The van der Waals surface area contributed by atoms with Crippen LogP contribution in [0.4, 0.5) is 24.5 Å². The van der Waals surface area contributed by atoms with Gasteiger partial charge >= 0.3 is 12.1 Å². The van der Waals surface area contributed by atoms with Crippen molar-refractivity contribution in [3.63, 3.8) is 0 Å². The van der Waals surface area contributed by atoms with E-state index >= 15 is 0 Å². The van der Waals surface area contributed by atoms with E-state index in [4.69, 9.17) is 4.84 Å². The lowest BCUT2D eigenvalue weighted by Gasteiger charge is -2.34. The number of benzene rings is 2. The van der Waals surface area contributed by atoms with E-state index in [1.807, 2.05) is 31.2 Å². The van der Waals surface area contributed by atoms with Crippen LogP contribution >= 0.6 is 0 Å². The van der Waals surface area contributed by atoms with Gasteiger partial charge in [0.15, 0.2) is 0 Å². The second-order valence-electron chi connectivity index (χ2n) is 9.37. The number of hydrogen-bond donors (Lipinski definition) is 1. The predicted octanol–water partition coefficient (Wildman–Crippen LogP) is 6.05. The van der Waals surface area contributed by atoms with E-state index in [2.05, 4.69) is 10.2 Å². The van der Waals surface area contributed by atoms with Crippen molar-refractivity contribution in [2.24, 2.45) is 0 Å². The van der Waals surface area contributed by atoms with E-state index in [9.17, 15) is 22.8 Å². The molecule has 2 aliphatic rings. The summed E-state index contributed by atoms with van der Waals surface area (Å²) in [5.41, 5.74) is 3.08. The zero-order valence-electron chi connectivity index (χ0n) is 20.9. The Morgan fingerprint density at radius 3 is 2.19 bits per heavy atom. The number of carbonyl (C=O) groups is 2. The van der Waals surface area contributed by atoms with Gasteiger partial charge in [-0.3, -0.25) is 9.59 Å². The molecular weight excluding hydrogens is 483 g/mol. The van der Waals surface area contributed by atoms with Crippen molar-refractivity contribution in [3.05, 3.63) is 65.2 Å². The van der Waals surface area contributed by atoms with Crippen LogP contribution in [0.25, 0.3) is 5.57 Å². The van der Waals surface area contributed by atoms with E-state index in [0.29, 0.717) is 62.3 Å². The molecule has 6 nitrogen and oxygen atoms in total. The minimum atomic E-state index is -4.39. The molecule has 1 N–H and O–H groups in total. The quantitative estimate of drug-likeness (QED) is 0.486. The van der Waals surface area contributed by atoms with Crippen LogP contribution in [0.5, 0.6) is 0 Å². The van der Waals surface area contributed by atoms with Crippen molar-refractivity contribution in [1.82, 2.24) is 5.06 Å². The van der Waals surface area contributed by atoms with Crippen molar-refractivity contribution in [2.75, 3.05) is 36.4 Å². The Hall–Kier alpha value is -3.33. The van der Waals surface area contributed by atoms with Crippen LogP contribution in [0, 0.1) is 0 Å². The summed E-state index contributed by atoms with van der Waals surface area (Å²) in [5, 5.41) is 4.66. The number of hydrogen-bond acceptors (Lipinski definition) is 5. The van der Waals surface area contributed by atoms with Crippen LogP contribution in [0.15, 0.2) is 54.1 Å². The fourth-order valence-electron chi connectivity index (χ4n) is 4.73. The maximum atomic E-state index is 13.1. The molecule has 1 fully saturated rings. The summed E-state index contributed by atoms with van der Waals surface area (Å²) in [4.78, 5) is 32.4. The molecule has 2 aromatic carbocycles. The van der Waals surface area contributed by atoms with Gasteiger partial charge < -0.3 is 15.1 Å². The first-order valence-corrected chi connectivity index (χ1v) is 12.8. The van der Waals surface area contributed by atoms with Crippen molar-refractivity contribution in [3.8, 4) is 0 Å². The maximum Gasteiger partial charge on any atom is 0.416 e. The largest absolute Gasteiger partial charge is 0.416 e. The molecule has 0 atom stereocenters. The maximum absolute atomic E-state index is 13.1. The molecule has 1 amide bonds. The van der Waals surface area contributed by atoms with Crippen molar-refractivity contribution in [2.45, 2.75) is 51.6 Å². The Labute approximate surface area is 215 Å².